The molecule has 9 nitrogen and oxygen atoms in total. The van der Waals surface area contributed by atoms with Crippen LogP contribution in [0.15, 0.2) is 12.7 Å². The number of nitrogens with one attached hydrogen (secondary N) is 2. The number of carbonyl (C=O) groups excluding carboxylic acids is 3. The van der Waals surface area contributed by atoms with E-state index in [-0.39, 0.29) is 24.7 Å². The molecule has 0 unspecified atom stereocenters. The van der Waals surface area contributed by atoms with Gasteiger partial charge < -0.3 is 15.3 Å². The molecule has 180 valence electrons. The van der Waals surface area contributed by atoms with Gasteiger partial charge in [-0.15, -0.1) is 6.58 Å². The lowest BCUT2D eigenvalue weighted by Crippen LogP contribution is -2.54. The Bertz CT molecular complexity index is 871. The van der Waals surface area contributed by atoms with Gasteiger partial charge >= 0.3 is 0 Å². The summed E-state index contributed by atoms with van der Waals surface area (Å²) in [5.41, 5.74) is -1.28. The first-order chi connectivity index (χ1) is 15.0. The number of carbonyl (C=O) groups is 3. The number of hydrogen-bond acceptors (Lipinski definition) is 6. The van der Waals surface area contributed by atoms with Gasteiger partial charge in [0.05, 0.1) is 23.2 Å². The van der Waals surface area contributed by atoms with Crippen molar-refractivity contribution in [1.82, 2.24) is 14.9 Å². The van der Waals surface area contributed by atoms with Crippen molar-refractivity contribution in [2.24, 2.45) is 17.8 Å². The van der Waals surface area contributed by atoms with Gasteiger partial charge in [-0.3, -0.25) is 19.1 Å². The smallest absolute Gasteiger partial charge is 0.259 e. The largest absolute Gasteiger partial charge is 0.393 e. The lowest BCUT2D eigenvalue weighted by atomic mass is 9.93. The van der Waals surface area contributed by atoms with Crippen molar-refractivity contribution in [1.29, 1.82) is 0 Å². The molecule has 5 atom stereocenters. The predicted molar refractivity (Wildman–Crippen MR) is 119 cm³/mol. The molecule has 32 heavy (non-hydrogen) atoms. The zero-order chi connectivity index (χ0) is 23.7. The molecule has 0 aliphatic heterocycles. The Hall–Kier alpha value is -1.94. The summed E-state index contributed by atoms with van der Waals surface area (Å²) < 4.78 is 26.5. The standard InChI is InChI=1S/C22H35N3O6S/c1-4-5-6-7-10-25(3)20(28)18-12-15(26)11-17(18)19(27)23-22(13-14(22)2)21(29)24-32(30,31)16-8-9-16/h4,14-18,26H,1,5-13H2,2-3H3,(H,23,27)(H,24,29)/t14-,15-,17-,18-,22-/m1/s1. The van der Waals surface area contributed by atoms with Crippen molar-refractivity contribution in [3.8, 4) is 0 Å². The molecule has 0 heterocycles. The summed E-state index contributed by atoms with van der Waals surface area (Å²) in [5.74, 6) is -3.04. The number of nitrogens with zero attached hydrogens (tertiary/aromatic N) is 1. The predicted octanol–water partition coefficient (Wildman–Crippen LogP) is 0.691. The Labute approximate surface area is 190 Å². The van der Waals surface area contributed by atoms with Crippen molar-refractivity contribution < 1.29 is 27.9 Å². The minimum Gasteiger partial charge on any atom is -0.393 e. The number of amides is 3. The van der Waals surface area contributed by atoms with Crippen LogP contribution in [0.4, 0.5) is 0 Å². The molecular formula is C22H35N3O6S. The summed E-state index contributed by atoms with van der Waals surface area (Å²) in [6.07, 6.45) is 5.38. The quantitative estimate of drug-likeness (QED) is 0.301. The Morgan fingerprint density at radius 2 is 1.81 bits per heavy atom. The lowest BCUT2D eigenvalue weighted by Gasteiger charge is -2.26. The SMILES string of the molecule is C=CCCCCN(C)C(=O)[C@@H]1C[C@H](O)C[C@H]1C(=O)N[C@]1(C(=O)NS(=O)(=O)C2CC2)C[C@H]1C. The van der Waals surface area contributed by atoms with Crippen LogP contribution in [0.5, 0.6) is 0 Å². The zero-order valence-corrected chi connectivity index (χ0v) is 19.7. The topological polar surface area (TPSA) is 133 Å². The Balaban J connectivity index is 1.63. The first-order valence-corrected chi connectivity index (χ1v) is 13.0. The van der Waals surface area contributed by atoms with E-state index in [9.17, 15) is 27.9 Å². The molecular weight excluding hydrogens is 434 g/mol. The van der Waals surface area contributed by atoms with Crippen molar-refractivity contribution in [3.63, 3.8) is 0 Å². The molecule has 0 spiro atoms. The molecule has 3 aliphatic rings. The number of aliphatic hydroxyl groups is 1. The second-order valence-corrected chi connectivity index (χ2v) is 11.6. The van der Waals surface area contributed by atoms with Crippen LogP contribution in [-0.2, 0) is 24.4 Å². The minimum atomic E-state index is -3.72. The molecule has 0 radical (unpaired) electrons. The summed E-state index contributed by atoms with van der Waals surface area (Å²) in [4.78, 5) is 40.4. The third-order valence-corrected chi connectivity index (χ3v) is 8.80. The first kappa shape index (κ1) is 24.7. The summed E-state index contributed by atoms with van der Waals surface area (Å²) in [5, 5.41) is 12.4. The Kier molecular flexibility index (Phi) is 7.34. The number of aliphatic hydroxyl groups excluding tert-OH is 1. The van der Waals surface area contributed by atoms with E-state index < -0.39 is 50.6 Å². The number of hydrogen-bond donors (Lipinski definition) is 3. The normalized spacial score (nSPS) is 31.6. The van der Waals surface area contributed by atoms with E-state index in [1.165, 1.54) is 0 Å². The number of sulfonamides is 1. The van der Waals surface area contributed by atoms with Crippen LogP contribution in [0.25, 0.3) is 0 Å². The summed E-state index contributed by atoms with van der Waals surface area (Å²) in [7, 11) is -2.03. The van der Waals surface area contributed by atoms with E-state index in [0.717, 1.165) is 19.3 Å². The van der Waals surface area contributed by atoms with Gasteiger partial charge in [-0.25, -0.2) is 8.42 Å². The molecule has 0 aromatic carbocycles. The molecule has 3 amide bonds. The van der Waals surface area contributed by atoms with Crippen LogP contribution < -0.4 is 10.0 Å². The molecule has 3 rings (SSSR count). The van der Waals surface area contributed by atoms with Gasteiger partial charge in [0.1, 0.15) is 5.54 Å². The summed E-state index contributed by atoms with van der Waals surface area (Å²) in [6, 6.07) is 0. The molecule has 0 aromatic rings. The van der Waals surface area contributed by atoms with Gasteiger partial charge in [-0.05, 0) is 57.3 Å². The van der Waals surface area contributed by atoms with Crippen LogP contribution >= 0.6 is 0 Å². The van der Waals surface area contributed by atoms with Crippen LogP contribution in [0, 0.1) is 17.8 Å². The molecule has 0 bridgehead atoms. The number of unbranched alkanes of at least 4 members (excludes halogenated alkanes) is 2. The maximum atomic E-state index is 13.1. The van der Waals surface area contributed by atoms with E-state index in [2.05, 4.69) is 16.6 Å². The molecule has 0 saturated heterocycles. The zero-order valence-electron chi connectivity index (χ0n) is 18.9. The van der Waals surface area contributed by atoms with Gasteiger partial charge in [-0.2, -0.15) is 0 Å². The van der Waals surface area contributed by atoms with Gasteiger partial charge in [0.25, 0.3) is 5.91 Å². The second kappa shape index (κ2) is 9.51. The summed E-state index contributed by atoms with van der Waals surface area (Å²) in [6.45, 7) is 6.00. The van der Waals surface area contributed by atoms with Crippen LogP contribution in [-0.4, -0.2) is 66.6 Å². The average Bonchev–Trinajstić information content (AvgIpc) is 3.63. The highest BCUT2D eigenvalue weighted by Crippen LogP contribution is 2.45. The monoisotopic (exact) mass is 469 g/mol. The lowest BCUT2D eigenvalue weighted by molar-refractivity contribution is -0.140. The average molecular weight is 470 g/mol. The van der Waals surface area contributed by atoms with Crippen LogP contribution in [0.1, 0.15) is 58.3 Å². The fourth-order valence-corrected chi connectivity index (χ4v) is 5.93. The third-order valence-electron chi connectivity index (χ3n) is 6.98. The minimum absolute atomic E-state index is 0.138. The van der Waals surface area contributed by atoms with Crippen molar-refractivity contribution >= 4 is 27.7 Å². The van der Waals surface area contributed by atoms with E-state index >= 15 is 0 Å². The fraction of sp³-hybridized carbons (Fsp3) is 0.773. The van der Waals surface area contributed by atoms with Gasteiger partial charge in [-0.1, -0.05) is 13.0 Å². The highest BCUT2D eigenvalue weighted by atomic mass is 32.2. The van der Waals surface area contributed by atoms with Crippen LogP contribution in [0.2, 0.25) is 0 Å². The Morgan fingerprint density at radius 1 is 1.19 bits per heavy atom. The molecule has 3 fully saturated rings. The summed E-state index contributed by atoms with van der Waals surface area (Å²) >= 11 is 0. The highest BCUT2D eigenvalue weighted by Gasteiger charge is 2.61. The van der Waals surface area contributed by atoms with E-state index in [1.54, 1.807) is 18.9 Å². The number of allylic oxidation sites excluding steroid dienone is 1. The second-order valence-electron chi connectivity index (χ2n) is 9.62. The van der Waals surface area contributed by atoms with Gasteiger partial charge in [0, 0.05) is 13.6 Å². The van der Waals surface area contributed by atoms with Crippen molar-refractivity contribution in [3.05, 3.63) is 12.7 Å². The molecule has 0 aromatic heterocycles. The molecule has 3 N–H and O–H groups in total. The van der Waals surface area contributed by atoms with Gasteiger partial charge in [0.15, 0.2) is 0 Å². The van der Waals surface area contributed by atoms with Gasteiger partial charge in [0.2, 0.25) is 21.8 Å². The van der Waals surface area contributed by atoms with E-state index in [1.807, 2.05) is 6.08 Å². The fourth-order valence-electron chi connectivity index (χ4n) is 4.57. The maximum absolute atomic E-state index is 13.1. The van der Waals surface area contributed by atoms with E-state index in [4.69, 9.17) is 0 Å². The first-order valence-electron chi connectivity index (χ1n) is 11.4. The third kappa shape index (κ3) is 5.33. The van der Waals surface area contributed by atoms with E-state index in [0.29, 0.717) is 25.8 Å². The highest BCUT2D eigenvalue weighted by molar-refractivity contribution is 7.91. The van der Waals surface area contributed by atoms with Crippen molar-refractivity contribution in [2.45, 2.75) is 75.2 Å². The molecule has 3 aliphatic carbocycles. The molecule has 3 saturated carbocycles. The number of rotatable bonds is 11. The Morgan fingerprint density at radius 3 is 2.38 bits per heavy atom. The van der Waals surface area contributed by atoms with Crippen LogP contribution in [0.3, 0.4) is 0 Å². The maximum Gasteiger partial charge on any atom is 0.259 e. The van der Waals surface area contributed by atoms with Crippen molar-refractivity contribution in [2.75, 3.05) is 13.6 Å². The molecule has 10 heteroatoms.